The van der Waals surface area contributed by atoms with Gasteiger partial charge in [-0.3, -0.25) is 25.8 Å². The van der Waals surface area contributed by atoms with Crippen molar-refractivity contribution in [1.82, 2.24) is 25.8 Å². The predicted octanol–water partition coefficient (Wildman–Crippen LogP) is 1.40. The number of nitrogens with one attached hydrogen (secondary N) is 3. The topological polar surface area (TPSA) is 121 Å². The smallest absolute Gasteiger partial charge is 0.0999 e. The highest BCUT2D eigenvalue weighted by atomic mass is 16.3. The summed E-state index contributed by atoms with van der Waals surface area (Å²) in [6.45, 7) is 5.01. The van der Waals surface area contributed by atoms with E-state index < -0.39 is 12.2 Å². The van der Waals surface area contributed by atoms with Crippen molar-refractivity contribution in [3.8, 4) is 0 Å². The van der Waals surface area contributed by atoms with Crippen LogP contribution in [0.2, 0.25) is 0 Å². The second-order valence-corrected chi connectivity index (χ2v) is 15.1. The van der Waals surface area contributed by atoms with Crippen LogP contribution in [-0.4, -0.2) is 101 Å². The van der Waals surface area contributed by atoms with Gasteiger partial charge in [-0.25, -0.2) is 0 Å². The number of rotatable bonds is 8. The van der Waals surface area contributed by atoms with Crippen LogP contribution in [0.25, 0.3) is 0 Å². The Balaban J connectivity index is 0.846. The van der Waals surface area contributed by atoms with E-state index in [0.29, 0.717) is 36.3 Å². The van der Waals surface area contributed by atoms with Crippen molar-refractivity contribution in [2.24, 2.45) is 39.8 Å². The third-order valence-corrected chi connectivity index (χ3v) is 12.9. The van der Waals surface area contributed by atoms with Crippen molar-refractivity contribution in [2.75, 3.05) is 26.8 Å². The van der Waals surface area contributed by atoms with E-state index in [1.165, 1.54) is 69.9 Å². The fourth-order valence-electron chi connectivity index (χ4n) is 9.82. The minimum atomic E-state index is -0.685. The van der Waals surface area contributed by atoms with Crippen LogP contribution in [0, 0.1) is 29.1 Å². The maximum absolute atomic E-state index is 11.0. The second-order valence-electron chi connectivity index (χ2n) is 15.1. The second kappa shape index (κ2) is 11.1. The summed E-state index contributed by atoms with van der Waals surface area (Å²) in [5, 5.41) is 32.7. The molecule has 0 amide bonds. The lowest BCUT2D eigenvalue weighted by atomic mass is 9.58. The molecule has 2 saturated heterocycles. The molecular weight excluding hydrogens is 502 g/mol. The number of aliphatic hydroxyl groups is 2. The summed E-state index contributed by atoms with van der Waals surface area (Å²) in [5.74, 6) is 2.13. The van der Waals surface area contributed by atoms with Gasteiger partial charge in [0.15, 0.2) is 0 Å². The van der Waals surface area contributed by atoms with Crippen molar-refractivity contribution >= 4 is 5.71 Å². The number of hydrogen-bond acceptors (Lipinski definition) is 9. The third-order valence-electron chi connectivity index (χ3n) is 12.9. The molecule has 3 aliphatic heterocycles. The highest BCUT2D eigenvalue weighted by Crippen LogP contribution is 2.51. The highest BCUT2D eigenvalue weighted by molar-refractivity contribution is 5.92. The van der Waals surface area contributed by atoms with Crippen LogP contribution < -0.4 is 21.7 Å². The Labute approximate surface area is 241 Å². The SMILES string of the molecule is CN(C[C@H]1C[C@@H](N2CCC3C(N)NCNC32)[C@H](O)[C@@H]1O)C1CC(CCC2N=C3CC(C4(C)CCC4)CCC3N2)C1. The minimum absolute atomic E-state index is 0.00197. The molecule has 0 aromatic heterocycles. The molecular formula is C31H55N7O2. The van der Waals surface area contributed by atoms with Crippen molar-refractivity contribution in [2.45, 2.75) is 133 Å². The first kappa shape index (κ1) is 28.1. The maximum Gasteiger partial charge on any atom is 0.0999 e. The molecule has 0 aromatic carbocycles. The van der Waals surface area contributed by atoms with Gasteiger partial charge >= 0.3 is 0 Å². The first-order valence-electron chi connectivity index (χ1n) is 16.7. The number of aliphatic hydroxyl groups excluding tert-OH is 2. The van der Waals surface area contributed by atoms with Gasteiger partial charge in [0.25, 0.3) is 0 Å². The first-order valence-corrected chi connectivity index (χ1v) is 16.7. The summed E-state index contributed by atoms with van der Waals surface area (Å²) in [5.41, 5.74) is 8.39. The molecule has 0 spiro atoms. The zero-order valence-corrected chi connectivity index (χ0v) is 24.8. The summed E-state index contributed by atoms with van der Waals surface area (Å²) in [4.78, 5) is 10.1. The average Bonchev–Trinajstić information content (AvgIpc) is 3.58. The van der Waals surface area contributed by atoms with E-state index in [9.17, 15) is 10.2 Å². The molecule has 0 bridgehead atoms. The summed E-state index contributed by atoms with van der Waals surface area (Å²) >= 11 is 0. The van der Waals surface area contributed by atoms with Crippen LogP contribution in [0.5, 0.6) is 0 Å². The number of nitrogens with two attached hydrogens (primary N) is 1. The van der Waals surface area contributed by atoms with Gasteiger partial charge in [-0.2, -0.15) is 0 Å². The average molecular weight is 558 g/mol. The minimum Gasteiger partial charge on any atom is -0.390 e. The van der Waals surface area contributed by atoms with E-state index in [2.05, 4.69) is 39.7 Å². The third kappa shape index (κ3) is 5.10. The molecule has 7 aliphatic rings. The van der Waals surface area contributed by atoms with E-state index >= 15 is 0 Å². The van der Waals surface area contributed by atoms with Crippen molar-refractivity contribution in [1.29, 1.82) is 0 Å². The molecule has 226 valence electrons. The first-order chi connectivity index (χ1) is 19.3. The lowest BCUT2D eigenvalue weighted by Crippen LogP contribution is -2.64. The summed E-state index contributed by atoms with van der Waals surface area (Å²) in [6, 6.07) is 1.16. The monoisotopic (exact) mass is 557 g/mol. The van der Waals surface area contributed by atoms with Gasteiger partial charge in [0, 0.05) is 55.4 Å². The standard InChI is InChI=1S/C31H55N7O2/c1-31(9-3-10-31)20-5-6-23-24(15-20)36-26(35-23)7-4-18-12-21(13-18)37(2)16-19-14-25(28(40)27(19)39)38-11-8-22-29(32)33-17-34-30(22)38/h18-23,25-30,33-35,39-40H,3-17,32H2,1-2H3/t18?,19-,20?,21?,22?,23?,25-,26?,27-,28+,29?,30?/m1/s1. The highest BCUT2D eigenvalue weighted by Gasteiger charge is 2.51. The van der Waals surface area contributed by atoms with E-state index in [1.54, 1.807) is 0 Å². The summed E-state index contributed by atoms with van der Waals surface area (Å²) in [7, 11) is 2.22. The molecule has 10 atom stereocenters. The van der Waals surface area contributed by atoms with Gasteiger partial charge < -0.3 is 20.8 Å². The number of aliphatic imine (C=N–C) groups is 1. The molecule has 7 N–H and O–H groups in total. The van der Waals surface area contributed by atoms with Crippen LogP contribution in [0.3, 0.4) is 0 Å². The normalized spacial score (nSPS) is 48.4. The molecule has 7 rings (SSSR count). The lowest BCUT2D eigenvalue weighted by molar-refractivity contribution is -0.0279. The molecule has 4 aliphatic carbocycles. The quantitative estimate of drug-likeness (QED) is 0.265. The van der Waals surface area contributed by atoms with Crippen molar-refractivity contribution in [3.63, 3.8) is 0 Å². The van der Waals surface area contributed by atoms with Crippen LogP contribution in [-0.2, 0) is 0 Å². The lowest BCUT2D eigenvalue weighted by Gasteiger charge is -2.47. The largest absolute Gasteiger partial charge is 0.390 e. The zero-order chi connectivity index (χ0) is 27.6. The summed E-state index contributed by atoms with van der Waals surface area (Å²) in [6.07, 6.45) is 14.2. The molecule has 6 unspecified atom stereocenters. The Hall–Kier alpha value is -0.650. The Kier molecular flexibility index (Phi) is 7.83. The van der Waals surface area contributed by atoms with E-state index in [0.717, 1.165) is 37.8 Å². The Morgan fingerprint density at radius 1 is 1.07 bits per heavy atom. The Morgan fingerprint density at radius 2 is 1.90 bits per heavy atom. The van der Waals surface area contributed by atoms with Gasteiger partial charge in [-0.05, 0) is 94.9 Å². The van der Waals surface area contributed by atoms with Crippen LogP contribution in [0.1, 0.15) is 84.0 Å². The number of likely N-dealkylation sites (tertiary alicyclic amines) is 1. The Bertz CT molecular complexity index is 939. The van der Waals surface area contributed by atoms with Crippen LogP contribution >= 0.6 is 0 Å². The molecule has 0 aromatic rings. The summed E-state index contributed by atoms with van der Waals surface area (Å²) < 4.78 is 0. The van der Waals surface area contributed by atoms with Gasteiger partial charge in [-0.1, -0.05) is 13.3 Å². The van der Waals surface area contributed by atoms with Gasteiger partial charge in [-0.15, -0.1) is 0 Å². The van der Waals surface area contributed by atoms with E-state index in [-0.39, 0.29) is 24.3 Å². The number of hydrogen-bond donors (Lipinski definition) is 6. The van der Waals surface area contributed by atoms with E-state index in [4.69, 9.17) is 10.7 Å². The number of nitrogens with zero attached hydrogens (tertiary/aromatic N) is 3. The van der Waals surface area contributed by atoms with E-state index in [1.807, 2.05) is 0 Å². The molecule has 6 fully saturated rings. The molecule has 40 heavy (non-hydrogen) atoms. The van der Waals surface area contributed by atoms with Crippen molar-refractivity contribution < 1.29 is 10.2 Å². The van der Waals surface area contributed by atoms with Gasteiger partial charge in [0.1, 0.15) is 0 Å². The fourth-order valence-corrected chi connectivity index (χ4v) is 9.82. The molecule has 3 heterocycles. The predicted molar refractivity (Wildman–Crippen MR) is 157 cm³/mol. The number of fused-ring (bicyclic) bond motifs is 2. The maximum atomic E-state index is 11.0. The van der Waals surface area contributed by atoms with Crippen LogP contribution in [0.4, 0.5) is 0 Å². The molecule has 4 saturated carbocycles. The van der Waals surface area contributed by atoms with Crippen molar-refractivity contribution in [3.05, 3.63) is 0 Å². The molecule has 9 heteroatoms. The molecule has 0 radical (unpaired) electrons. The van der Waals surface area contributed by atoms with Gasteiger partial charge in [0.05, 0.1) is 30.7 Å². The van der Waals surface area contributed by atoms with Gasteiger partial charge in [0.2, 0.25) is 0 Å². The van der Waals surface area contributed by atoms with Crippen LogP contribution in [0.15, 0.2) is 4.99 Å². The molecule has 9 nitrogen and oxygen atoms in total. The zero-order valence-electron chi connectivity index (χ0n) is 24.8. The fraction of sp³-hybridized carbons (Fsp3) is 0.968. The Morgan fingerprint density at radius 3 is 2.67 bits per heavy atom.